The highest BCUT2D eigenvalue weighted by Gasteiger charge is 2.37. The molecule has 2 saturated heterocycles. The van der Waals surface area contributed by atoms with Crippen molar-refractivity contribution in [2.24, 2.45) is 11.3 Å². The van der Waals surface area contributed by atoms with Crippen LogP contribution in [0.25, 0.3) is 0 Å². The zero-order chi connectivity index (χ0) is 26.2. The highest BCUT2D eigenvalue weighted by Crippen LogP contribution is 2.39. The fraction of sp³-hybridized carbons (Fsp3) is 0.625. The van der Waals surface area contributed by atoms with Gasteiger partial charge in [-0.2, -0.15) is 0 Å². The van der Waals surface area contributed by atoms with Crippen LogP contribution in [-0.2, 0) is 17.8 Å². The minimum Gasteiger partial charge on any atom is -0.492 e. The number of likely N-dealkylation sites (tertiary alicyclic amines) is 2. The summed E-state index contributed by atoms with van der Waals surface area (Å²) in [6.45, 7) is 7.60. The van der Waals surface area contributed by atoms with Crippen molar-refractivity contribution < 1.29 is 9.53 Å². The van der Waals surface area contributed by atoms with Gasteiger partial charge in [-0.05, 0) is 99.7 Å². The molecule has 38 heavy (non-hydrogen) atoms. The molecular weight excluding hydrogens is 472 g/mol. The van der Waals surface area contributed by atoms with E-state index in [2.05, 4.69) is 57.1 Å². The lowest BCUT2D eigenvalue weighted by atomic mass is 9.73. The van der Waals surface area contributed by atoms with E-state index in [-0.39, 0.29) is 5.41 Å². The molecule has 3 aliphatic rings. The molecule has 6 nitrogen and oxygen atoms in total. The summed E-state index contributed by atoms with van der Waals surface area (Å²) in [6, 6.07) is 12.8. The van der Waals surface area contributed by atoms with E-state index in [4.69, 9.17) is 4.74 Å². The van der Waals surface area contributed by atoms with E-state index in [0.717, 1.165) is 90.1 Å². The van der Waals surface area contributed by atoms with Crippen molar-refractivity contribution in [2.75, 3.05) is 52.9 Å². The molecular formula is C32H46N4O2. The zero-order valence-corrected chi connectivity index (χ0v) is 23.3. The molecule has 0 unspecified atom stereocenters. The molecule has 0 N–H and O–H groups in total. The van der Waals surface area contributed by atoms with E-state index in [0.29, 0.717) is 18.4 Å². The van der Waals surface area contributed by atoms with Gasteiger partial charge in [0.15, 0.2) is 0 Å². The van der Waals surface area contributed by atoms with Crippen LogP contribution in [0.2, 0.25) is 0 Å². The van der Waals surface area contributed by atoms with E-state index in [1.165, 1.54) is 30.4 Å². The summed E-state index contributed by atoms with van der Waals surface area (Å²) >= 11 is 0. The third-order valence-electron chi connectivity index (χ3n) is 9.21. The van der Waals surface area contributed by atoms with Gasteiger partial charge in [0.05, 0.1) is 0 Å². The van der Waals surface area contributed by atoms with Crippen LogP contribution in [0.4, 0.5) is 0 Å². The molecule has 4 heterocycles. The number of aryl methyl sites for hydroxylation is 1. The van der Waals surface area contributed by atoms with Gasteiger partial charge in [0, 0.05) is 51.5 Å². The van der Waals surface area contributed by atoms with Gasteiger partial charge in [-0.1, -0.05) is 30.7 Å². The highest BCUT2D eigenvalue weighted by atomic mass is 16.5. The monoisotopic (exact) mass is 518 g/mol. The maximum atomic E-state index is 13.2. The molecule has 2 aromatic rings. The summed E-state index contributed by atoms with van der Waals surface area (Å²) in [7, 11) is 2.19. The Labute approximate surface area is 229 Å². The predicted molar refractivity (Wildman–Crippen MR) is 152 cm³/mol. The first kappa shape index (κ1) is 27.1. The van der Waals surface area contributed by atoms with Gasteiger partial charge in [-0.25, -0.2) is 0 Å². The first-order chi connectivity index (χ1) is 18.6. The van der Waals surface area contributed by atoms with E-state index < -0.39 is 0 Å². The van der Waals surface area contributed by atoms with E-state index >= 15 is 0 Å². The largest absolute Gasteiger partial charge is 0.492 e. The number of nitrogens with zero attached hydrogens (tertiary/aromatic N) is 4. The van der Waals surface area contributed by atoms with Crippen LogP contribution < -0.4 is 4.74 Å². The van der Waals surface area contributed by atoms with Crippen LogP contribution in [0, 0.1) is 11.3 Å². The van der Waals surface area contributed by atoms with E-state index in [9.17, 15) is 4.79 Å². The number of pyridine rings is 1. The Hall–Kier alpha value is -2.44. The number of para-hydroxylation sites is 1. The molecule has 5 rings (SSSR count). The lowest BCUT2D eigenvalue weighted by Gasteiger charge is -2.45. The number of carbonyl (C=O) groups is 1. The summed E-state index contributed by atoms with van der Waals surface area (Å²) in [5.74, 6) is 1.99. The number of amides is 1. The zero-order valence-electron chi connectivity index (χ0n) is 23.3. The maximum absolute atomic E-state index is 13.2. The van der Waals surface area contributed by atoms with Crippen LogP contribution in [-0.4, -0.2) is 78.5 Å². The Morgan fingerprint density at radius 3 is 2.61 bits per heavy atom. The average molecular weight is 519 g/mol. The Balaban J connectivity index is 1.25. The second kappa shape index (κ2) is 13.1. The molecule has 0 radical (unpaired) electrons. The minimum atomic E-state index is 0.255. The molecule has 2 fully saturated rings. The number of hydrogen-bond acceptors (Lipinski definition) is 5. The van der Waals surface area contributed by atoms with E-state index in [1.54, 1.807) is 0 Å². The van der Waals surface area contributed by atoms with Gasteiger partial charge in [-0.3, -0.25) is 14.7 Å². The van der Waals surface area contributed by atoms with Crippen LogP contribution in [0.15, 0.2) is 48.8 Å². The quantitative estimate of drug-likeness (QED) is 0.568. The minimum absolute atomic E-state index is 0.255. The van der Waals surface area contributed by atoms with E-state index in [1.807, 2.05) is 18.5 Å². The van der Waals surface area contributed by atoms with Crippen molar-refractivity contribution >= 4 is 5.91 Å². The average Bonchev–Trinajstić information content (AvgIpc) is 2.93. The van der Waals surface area contributed by atoms with Gasteiger partial charge in [0.25, 0.3) is 0 Å². The lowest BCUT2D eigenvalue weighted by Crippen LogP contribution is -2.49. The van der Waals surface area contributed by atoms with Gasteiger partial charge in [0.2, 0.25) is 5.91 Å². The van der Waals surface area contributed by atoms with Gasteiger partial charge in [0.1, 0.15) is 12.4 Å². The second-order valence-corrected chi connectivity index (χ2v) is 12.1. The molecule has 1 aromatic carbocycles. The van der Waals surface area contributed by atoms with Crippen molar-refractivity contribution in [1.29, 1.82) is 0 Å². The number of fused-ring (bicyclic) bond motifs is 1. The molecule has 6 heteroatoms. The van der Waals surface area contributed by atoms with Crippen LogP contribution in [0.3, 0.4) is 0 Å². The summed E-state index contributed by atoms with van der Waals surface area (Å²) < 4.78 is 6.32. The number of aromatic nitrogens is 1. The Kier molecular flexibility index (Phi) is 9.34. The molecule has 206 valence electrons. The number of piperidine rings is 2. The van der Waals surface area contributed by atoms with Gasteiger partial charge in [-0.15, -0.1) is 0 Å². The number of ether oxygens (including phenoxy) is 1. The summed E-state index contributed by atoms with van der Waals surface area (Å²) in [5, 5.41) is 0. The Bertz CT molecular complexity index is 1010. The normalized spacial score (nSPS) is 22.2. The van der Waals surface area contributed by atoms with Crippen molar-refractivity contribution in [3.8, 4) is 5.75 Å². The number of benzene rings is 1. The summed E-state index contributed by atoms with van der Waals surface area (Å²) in [4.78, 5) is 24.7. The number of carbonyl (C=O) groups excluding carboxylic acids is 1. The van der Waals surface area contributed by atoms with Crippen LogP contribution >= 0.6 is 0 Å². The van der Waals surface area contributed by atoms with Crippen molar-refractivity contribution in [3.05, 3.63) is 59.9 Å². The predicted octanol–water partition coefficient (Wildman–Crippen LogP) is 5.03. The molecule has 0 bridgehead atoms. The first-order valence-corrected chi connectivity index (χ1v) is 14.9. The Morgan fingerprint density at radius 2 is 1.82 bits per heavy atom. The molecule has 1 amide bonds. The van der Waals surface area contributed by atoms with Crippen molar-refractivity contribution in [1.82, 2.24) is 19.7 Å². The summed E-state index contributed by atoms with van der Waals surface area (Å²) in [6.07, 6.45) is 13.8. The fourth-order valence-corrected chi connectivity index (χ4v) is 6.75. The first-order valence-electron chi connectivity index (χ1n) is 14.9. The van der Waals surface area contributed by atoms with Crippen molar-refractivity contribution in [2.45, 2.75) is 64.3 Å². The SMILES string of the molecule is CN1CCC(CC(=O)N2CCC3(CCCCc4ccccc4OCCN(Cc4cccnc4)C3)CC2)CC1. The second-order valence-electron chi connectivity index (χ2n) is 12.1. The fourth-order valence-electron chi connectivity index (χ4n) is 6.75. The van der Waals surface area contributed by atoms with Crippen molar-refractivity contribution in [3.63, 3.8) is 0 Å². The molecule has 1 spiro atoms. The molecule has 0 saturated carbocycles. The molecule has 1 aromatic heterocycles. The van der Waals surface area contributed by atoms with Crippen LogP contribution in [0.1, 0.15) is 62.5 Å². The van der Waals surface area contributed by atoms with Crippen LogP contribution in [0.5, 0.6) is 5.75 Å². The van der Waals surface area contributed by atoms with Gasteiger partial charge >= 0.3 is 0 Å². The third kappa shape index (κ3) is 7.35. The Morgan fingerprint density at radius 1 is 1.00 bits per heavy atom. The molecule has 0 aliphatic carbocycles. The van der Waals surface area contributed by atoms with Gasteiger partial charge < -0.3 is 14.5 Å². The molecule has 0 atom stereocenters. The lowest BCUT2D eigenvalue weighted by molar-refractivity contribution is -0.135. The summed E-state index contributed by atoms with van der Waals surface area (Å²) in [5.41, 5.74) is 2.83. The standard InChI is InChI=1S/C32H46N4O2/c1-34-17-11-27(12-18-34)23-31(37)36-19-14-32(15-20-36)13-5-4-9-29-8-2-3-10-30(29)38-22-21-35(26-32)25-28-7-6-16-33-24-28/h2-3,6-8,10,16,24,27H,4-5,9,11-15,17-23,25-26H2,1H3. The number of hydrogen-bond donors (Lipinski definition) is 0. The topological polar surface area (TPSA) is 48.9 Å². The maximum Gasteiger partial charge on any atom is 0.222 e. The highest BCUT2D eigenvalue weighted by molar-refractivity contribution is 5.76. The smallest absolute Gasteiger partial charge is 0.222 e. The molecule has 3 aliphatic heterocycles. The number of rotatable bonds is 4. The third-order valence-corrected chi connectivity index (χ3v) is 9.21.